The lowest BCUT2D eigenvalue weighted by atomic mass is 9.67. The molecule has 264 valence electrons. The molecule has 1 aromatic heterocycles. The summed E-state index contributed by atoms with van der Waals surface area (Å²) in [6, 6.07) is 70.6. The van der Waals surface area contributed by atoms with Crippen LogP contribution in [0.5, 0.6) is 0 Å². The first-order chi connectivity index (χ1) is 27.5. The van der Waals surface area contributed by atoms with Gasteiger partial charge in [-0.25, -0.2) is 9.97 Å². The first kappa shape index (κ1) is 32.5. The molecule has 1 heterocycles. The maximum absolute atomic E-state index is 5.36. The number of benzene rings is 8. The summed E-state index contributed by atoms with van der Waals surface area (Å²) in [5.74, 6) is 0.718. The van der Waals surface area contributed by atoms with E-state index in [2.05, 4.69) is 202 Å². The quantitative estimate of drug-likeness (QED) is 0.177. The van der Waals surface area contributed by atoms with Crippen molar-refractivity contribution in [1.29, 1.82) is 0 Å². The SMILES string of the molecule is CC1(C)c2cc3ccccc3cc2-c2c(-c3cc(-c4ccc5c(c4)-c4ccccc4C5(c4ccccc4)c4ccccc4)nc(-c4ccccc4)n3)cccc21. The van der Waals surface area contributed by atoms with Gasteiger partial charge in [0.05, 0.1) is 16.8 Å². The van der Waals surface area contributed by atoms with E-state index >= 15 is 0 Å². The van der Waals surface area contributed by atoms with Crippen LogP contribution in [0.25, 0.3) is 66.9 Å². The fourth-order valence-electron chi connectivity index (χ4n) is 9.74. The lowest BCUT2D eigenvalue weighted by Gasteiger charge is -2.33. The number of fused-ring (bicyclic) bond motifs is 7. The Kier molecular flexibility index (Phi) is 7.15. The predicted molar refractivity (Wildman–Crippen MR) is 231 cm³/mol. The highest BCUT2D eigenvalue weighted by molar-refractivity contribution is 5.98. The van der Waals surface area contributed by atoms with Gasteiger partial charge in [0.2, 0.25) is 0 Å². The normalized spacial score (nSPS) is 14.2. The van der Waals surface area contributed by atoms with Gasteiger partial charge in [0, 0.05) is 22.1 Å². The van der Waals surface area contributed by atoms with E-state index in [4.69, 9.17) is 9.97 Å². The summed E-state index contributed by atoms with van der Waals surface area (Å²) in [5, 5.41) is 2.52. The zero-order valence-electron chi connectivity index (χ0n) is 31.4. The molecular formula is C54H38N2. The van der Waals surface area contributed by atoms with Crippen molar-refractivity contribution in [3.8, 4) is 56.2 Å². The number of hydrogen-bond donors (Lipinski definition) is 0. The van der Waals surface area contributed by atoms with E-state index in [1.807, 2.05) is 6.07 Å². The molecule has 0 saturated carbocycles. The second-order valence-corrected chi connectivity index (χ2v) is 15.7. The van der Waals surface area contributed by atoms with E-state index in [1.165, 1.54) is 66.4 Å². The number of rotatable bonds is 5. The lowest BCUT2D eigenvalue weighted by Crippen LogP contribution is -2.28. The van der Waals surface area contributed by atoms with Crippen molar-refractivity contribution in [2.24, 2.45) is 0 Å². The van der Waals surface area contributed by atoms with Crippen molar-refractivity contribution in [2.75, 3.05) is 0 Å². The fraction of sp³-hybridized carbons (Fsp3) is 0.0741. The molecule has 56 heavy (non-hydrogen) atoms. The van der Waals surface area contributed by atoms with E-state index in [-0.39, 0.29) is 5.41 Å². The van der Waals surface area contributed by atoms with Crippen LogP contribution in [0.3, 0.4) is 0 Å². The van der Waals surface area contributed by atoms with E-state index in [9.17, 15) is 0 Å². The Morgan fingerprint density at radius 3 is 1.66 bits per heavy atom. The zero-order valence-corrected chi connectivity index (χ0v) is 31.4. The molecule has 9 aromatic rings. The summed E-state index contributed by atoms with van der Waals surface area (Å²) >= 11 is 0. The molecule has 0 bridgehead atoms. The third kappa shape index (κ3) is 4.69. The van der Waals surface area contributed by atoms with Crippen molar-refractivity contribution < 1.29 is 0 Å². The molecule has 8 aromatic carbocycles. The second-order valence-electron chi connectivity index (χ2n) is 15.7. The van der Waals surface area contributed by atoms with Crippen molar-refractivity contribution in [1.82, 2.24) is 9.97 Å². The van der Waals surface area contributed by atoms with Crippen LogP contribution in [0.15, 0.2) is 194 Å². The van der Waals surface area contributed by atoms with Crippen LogP contribution in [-0.2, 0) is 10.8 Å². The second kappa shape index (κ2) is 12.3. The summed E-state index contributed by atoms with van der Waals surface area (Å²) < 4.78 is 0. The van der Waals surface area contributed by atoms with Crippen LogP contribution in [0.2, 0.25) is 0 Å². The van der Waals surface area contributed by atoms with Gasteiger partial charge in [0.25, 0.3) is 0 Å². The minimum absolute atomic E-state index is 0.153. The van der Waals surface area contributed by atoms with Crippen molar-refractivity contribution in [3.05, 3.63) is 228 Å². The highest BCUT2D eigenvalue weighted by Gasteiger charge is 2.46. The van der Waals surface area contributed by atoms with Crippen LogP contribution in [0.1, 0.15) is 47.2 Å². The Morgan fingerprint density at radius 1 is 0.357 bits per heavy atom. The van der Waals surface area contributed by atoms with E-state index in [0.717, 1.165) is 33.9 Å². The van der Waals surface area contributed by atoms with Crippen LogP contribution >= 0.6 is 0 Å². The molecule has 0 radical (unpaired) electrons. The number of nitrogens with zero attached hydrogens (tertiary/aromatic N) is 2. The van der Waals surface area contributed by atoms with Gasteiger partial charge in [0.15, 0.2) is 5.82 Å². The van der Waals surface area contributed by atoms with Crippen molar-refractivity contribution >= 4 is 10.8 Å². The lowest BCUT2D eigenvalue weighted by molar-refractivity contribution is 0.661. The standard InChI is InChI=1S/C54H38N2/c1-53(2)47-28-16-26-42(51(47)44-31-36-19-12-13-20-37(36)33-48(44)53)50-34-49(55-52(56-50)35-17-6-3-7-18-35)38-29-30-46-43(32-38)41-25-14-15-27-45(41)54(46,39-21-8-4-9-22-39)40-23-10-5-11-24-40/h3-34H,1-2H3. The molecular weight excluding hydrogens is 677 g/mol. The molecule has 0 unspecified atom stereocenters. The number of hydrogen-bond acceptors (Lipinski definition) is 2. The zero-order chi connectivity index (χ0) is 37.4. The summed E-state index contributed by atoms with van der Waals surface area (Å²) in [5.41, 5.74) is 17.2. The van der Waals surface area contributed by atoms with Crippen LogP contribution in [-0.4, -0.2) is 9.97 Å². The van der Waals surface area contributed by atoms with Crippen LogP contribution < -0.4 is 0 Å². The molecule has 0 fully saturated rings. The maximum atomic E-state index is 5.36. The molecule has 0 aliphatic heterocycles. The highest BCUT2D eigenvalue weighted by Crippen LogP contribution is 2.57. The van der Waals surface area contributed by atoms with Gasteiger partial charge in [-0.15, -0.1) is 0 Å². The number of aromatic nitrogens is 2. The first-order valence-corrected chi connectivity index (χ1v) is 19.5. The molecule has 2 aliphatic carbocycles. The average Bonchev–Trinajstić information content (AvgIpc) is 3.68. The Morgan fingerprint density at radius 2 is 0.929 bits per heavy atom. The van der Waals surface area contributed by atoms with Gasteiger partial charge in [-0.05, 0) is 90.7 Å². The van der Waals surface area contributed by atoms with E-state index in [1.54, 1.807) is 0 Å². The first-order valence-electron chi connectivity index (χ1n) is 19.5. The Balaban J connectivity index is 1.15. The Bertz CT molecular complexity index is 2940. The van der Waals surface area contributed by atoms with Gasteiger partial charge in [-0.1, -0.05) is 184 Å². The monoisotopic (exact) mass is 714 g/mol. The third-order valence-electron chi connectivity index (χ3n) is 12.4. The summed E-state index contributed by atoms with van der Waals surface area (Å²) in [6.07, 6.45) is 0. The minimum atomic E-state index is -0.450. The summed E-state index contributed by atoms with van der Waals surface area (Å²) in [4.78, 5) is 10.7. The minimum Gasteiger partial charge on any atom is -0.228 e. The Labute approximate surface area is 327 Å². The molecule has 0 N–H and O–H groups in total. The topological polar surface area (TPSA) is 25.8 Å². The van der Waals surface area contributed by atoms with Crippen molar-refractivity contribution in [3.63, 3.8) is 0 Å². The molecule has 0 saturated heterocycles. The van der Waals surface area contributed by atoms with Gasteiger partial charge in [-0.3, -0.25) is 0 Å². The largest absolute Gasteiger partial charge is 0.228 e. The molecule has 2 heteroatoms. The molecule has 0 atom stereocenters. The molecule has 0 spiro atoms. The summed E-state index contributed by atoms with van der Waals surface area (Å²) in [7, 11) is 0. The van der Waals surface area contributed by atoms with Crippen LogP contribution in [0, 0.1) is 0 Å². The van der Waals surface area contributed by atoms with E-state index in [0.29, 0.717) is 0 Å². The van der Waals surface area contributed by atoms with Crippen molar-refractivity contribution in [2.45, 2.75) is 24.7 Å². The maximum Gasteiger partial charge on any atom is 0.160 e. The fourth-order valence-corrected chi connectivity index (χ4v) is 9.74. The molecule has 11 rings (SSSR count). The molecule has 0 amide bonds. The van der Waals surface area contributed by atoms with Gasteiger partial charge >= 0.3 is 0 Å². The van der Waals surface area contributed by atoms with Gasteiger partial charge in [0.1, 0.15) is 0 Å². The van der Waals surface area contributed by atoms with Crippen LogP contribution in [0.4, 0.5) is 0 Å². The Hall–Kier alpha value is -6.90. The van der Waals surface area contributed by atoms with Gasteiger partial charge in [-0.2, -0.15) is 0 Å². The van der Waals surface area contributed by atoms with E-state index < -0.39 is 5.41 Å². The average molecular weight is 715 g/mol. The molecule has 2 aliphatic rings. The predicted octanol–water partition coefficient (Wildman–Crippen LogP) is 13.3. The summed E-state index contributed by atoms with van der Waals surface area (Å²) in [6.45, 7) is 4.70. The highest BCUT2D eigenvalue weighted by atomic mass is 14.9. The molecule has 2 nitrogen and oxygen atoms in total. The third-order valence-corrected chi connectivity index (χ3v) is 12.4. The van der Waals surface area contributed by atoms with Gasteiger partial charge < -0.3 is 0 Å². The smallest absolute Gasteiger partial charge is 0.160 e.